The van der Waals surface area contributed by atoms with Crippen molar-refractivity contribution in [2.24, 2.45) is 5.73 Å². The number of nitrogens with two attached hydrogens (primary N) is 1. The molecule has 14 heavy (non-hydrogen) atoms. The molecule has 0 saturated heterocycles. The molecule has 0 spiro atoms. The molecule has 0 aliphatic heterocycles. The summed E-state index contributed by atoms with van der Waals surface area (Å²) in [6.45, 7) is 3.79. The zero-order valence-corrected chi connectivity index (χ0v) is 8.84. The minimum Gasteiger partial charge on any atom is -0.340 e. The monoisotopic (exact) mass is 209 g/mol. The number of nitrogens with zero attached hydrogens (tertiary/aromatic N) is 2. The summed E-state index contributed by atoms with van der Waals surface area (Å²) >= 11 is 1.67. The van der Waals surface area contributed by atoms with E-state index >= 15 is 0 Å². The fourth-order valence-corrected chi connectivity index (χ4v) is 2.05. The van der Waals surface area contributed by atoms with Gasteiger partial charge in [-0.1, -0.05) is 5.16 Å². The summed E-state index contributed by atoms with van der Waals surface area (Å²) in [7, 11) is 0. The highest BCUT2D eigenvalue weighted by Gasteiger charge is 2.17. The van der Waals surface area contributed by atoms with E-state index in [1.54, 1.807) is 18.3 Å². The molecule has 0 bridgehead atoms. The van der Waals surface area contributed by atoms with Gasteiger partial charge in [0.25, 0.3) is 0 Å². The van der Waals surface area contributed by atoms with Crippen LogP contribution in [0, 0.1) is 13.8 Å². The molecule has 0 amide bonds. The molecule has 2 rings (SSSR count). The van der Waals surface area contributed by atoms with E-state index in [1.807, 2.05) is 18.4 Å². The van der Waals surface area contributed by atoms with Crippen LogP contribution >= 0.6 is 11.3 Å². The van der Waals surface area contributed by atoms with Gasteiger partial charge in [0.2, 0.25) is 5.89 Å². The summed E-state index contributed by atoms with van der Waals surface area (Å²) in [5.41, 5.74) is 7.06. The van der Waals surface area contributed by atoms with Gasteiger partial charge in [-0.15, -0.1) is 11.3 Å². The summed E-state index contributed by atoms with van der Waals surface area (Å²) in [6.07, 6.45) is 0. The average molecular weight is 209 g/mol. The van der Waals surface area contributed by atoms with Crippen molar-refractivity contribution in [3.8, 4) is 0 Å². The fourth-order valence-electron chi connectivity index (χ4n) is 1.30. The van der Waals surface area contributed by atoms with E-state index < -0.39 is 0 Å². The van der Waals surface area contributed by atoms with Gasteiger partial charge < -0.3 is 10.3 Å². The van der Waals surface area contributed by atoms with Crippen LogP contribution in [0.15, 0.2) is 16.0 Å². The van der Waals surface area contributed by atoms with Crippen molar-refractivity contribution < 1.29 is 4.52 Å². The van der Waals surface area contributed by atoms with E-state index in [0.29, 0.717) is 11.7 Å². The van der Waals surface area contributed by atoms with Crippen LogP contribution in [0.4, 0.5) is 0 Å². The molecule has 2 heterocycles. The van der Waals surface area contributed by atoms with Crippen molar-refractivity contribution in [2.75, 3.05) is 0 Å². The van der Waals surface area contributed by atoms with Crippen LogP contribution in [-0.2, 0) is 0 Å². The SMILES string of the molecule is Cc1nc(C(N)c2ccsc2C)no1. The molecule has 0 fully saturated rings. The zero-order chi connectivity index (χ0) is 10.1. The van der Waals surface area contributed by atoms with E-state index in [4.69, 9.17) is 10.3 Å². The number of thiophene rings is 1. The Morgan fingerprint density at radius 2 is 2.29 bits per heavy atom. The lowest BCUT2D eigenvalue weighted by atomic mass is 10.1. The zero-order valence-electron chi connectivity index (χ0n) is 8.02. The van der Waals surface area contributed by atoms with Crippen molar-refractivity contribution in [3.05, 3.63) is 33.6 Å². The van der Waals surface area contributed by atoms with Gasteiger partial charge in [0, 0.05) is 11.8 Å². The summed E-state index contributed by atoms with van der Waals surface area (Å²) in [5, 5.41) is 5.82. The maximum atomic E-state index is 6.00. The van der Waals surface area contributed by atoms with Crippen molar-refractivity contribution in [2.45, 2.75) is 19.9 Å². The van der Waals surface area contributed by atoms with Gasteiger partial charge in [0.1, 0.15) is 0 Å². The molecule has 0 aromatic carbocycles. The molecule has 2 N–H and O–H groups in total. The summed E-state index contributed by atoms with van der Waals surface area (Å²) in [5.74, 6) is 1.09. The van der Waals surface area contributed by atoms with Crippen LogP contribution in [0.1, 0.15) is 28.2 Å². The summed E-state index contributed by atoms with van der Waals surface area (Å²) < 4.78 is 4.89. The Bertz CT molecular complexity index is 435. The van der Waals surface area contributed by atoms with Crippen molar-refractivity contribution in [3.63, 3.8) is 0 Å². The predicted octanol–water partition coefficient (Wildman–Crippen LogP) is 1.80. The molecule has 0 radical (unpaired) electrons. The summed E-state index contributed by atoms with van der Waals surface area (Å²) in [4.78, 5) is 5.30. The molecule has 74 valence electrons. The Labute approximate surface area is 85.7 Å². The first-order chi connectivity index (χ1) is 6.68. The van der Waals surface area contributed by atoms with Crippen LogP contribution in [-0.4, -0.2) is 10.1 Å². The van der Waals surface area contributed by atoms with Gasteiger partial charge in [-0.2, -0.15) is 4.98 Å². The van der Waals surface area contributed by atoms with Crippen LogP contribution in [0.5, 0.6) is 0 Å². The lowest BCUT2D eigenvalue weighted by Crippen LogP contribution is -2.13. The number of aryl methyl sites for hydroxylation is 2. The Balaban J connectivity index is 2.33. The average Bonchev–Trinajstić information content (AvgIpc) is 2.73. The molecule has 5 heteroatoms. The van der Waals surface area contributed by atoms with Crippen molar-refractivity contribution >= 4 is 11.3 Å². The number of aromatic nitrogens is 2. The van der Waals surface area contributed by atoms with Crippen LogP contribution in [0.3, 0.4) is 0 Å². The van der Waals surface area contributed by atoms with Gasteiger partial charge >= 0.3 is 0 Å². The first kappa shape index (κ1) is 9.36. The van der Waals surface area contributed by atoms with Crippen LogP contribution in [0.25, 0.3) is 0 Å². The highest BCUT2D eigenvalue weighted by Crippen LogP contribution is 2.24. The Morgan fingerprint density at radius 1 is 1.50 bits per heavy atom. The van der Waals surface area contributed by atoms with Gasteiger partial charge in [-0.05, 0) is 23.9 Å². The van der Waals surface area contributed by atoms with E-state index in [1.165, 1.54) is 4.88 Å². The molecular weight excluding hydrogens is 198 g/mol. The molecule has 0 saturated carbocycles. The molecule has 2 aromatic rings. The smallest absolute Gasteiger partial charge is 0.223 e. The molecule has 4 nitrogen and oxygen atoms in total. The second-order valence-corrected chi connectivity index (χ2v) is 4.20. The lowest BCUT2D eigenvalue weighted by Gasteiger charge is -2.05. The van der Waals surface area contributed by atoms with Gasteiger partial charge in [-0.3, -0.25) is 0 Å². The van der Waals surface area contributed by atoms with E-state index in [9.17, 15) is 0 Å². The van der Waals surface area contributed by atoms with E-state index in [-0.39, 0.29) is 6.04 Å². The highest BCUT2D eigenvalue weighted by atomic mass is 32.1. The van der Waals surface area contributed by atoms with Gasteiger partial charge in [0.15, 0.2) is 5.82 Å². The quantitative estimate of drug-likeness (QED) is 0.819. The first-order valence-corrected chi connectivity index (χ1v) is 5.16. The van der Waals surface area contributed by atoms with Crippen LogP contribution < -0.4 is 5.73 Å². The number of hydrogen-bond acceptors (Lipinski definition) is 5. The van der Waals surface area contributed by atoms with Crippen molar-refractivity contribution in [1.29, 1.82) is 0 Å². The molecule has 0 aliphatic rings. The second-order valence-electron chi connectivity index (χ2n) is 3.08. The molecule has 2 aromatic heterocycles. The first-order valence-electron chi connectivity index (χ1n) is 4.28. The highest BCUT2D eigenvalue weighted by molar-refractivity contribution is 7.10. The maximum Gasteiger partial charge on any atom is 0.223 e. The standard InChI is InChI=1S/C9H11N3OS/c1-5-7(3-4-14-5)8(10)9-11-6(2)13-12-9/h3-4,8H,10H2,1-2H3. The predicted molar refractivity (Wildman–Crippen MR) is 54.1 cm³/mol. The minimum atomic E-state index is -0.279. The Morgan fingerprint density at radius 3 is 2.79 bits per heavy atom. The molecule has 0 aliphatic carbocycles. The van der Waals surface area contributed by atoms with Gasteiger partial charge in [-0.25, -0.2) is 0 Å². The largest absolute Gasteiger partial charge is 0.340 e. The Hall–Kier alpha value is -1.20. The maximum absolute atomic E-state index is 6.00. The van der Waals surface area contributed by atoms with Crippen LogP contribution in [0.2, 0.25) is 0 Å². The molecular formula is C9H11N3OS. The molecule has 1 unspecified atom stereocenters. The van der Waals surface area contributed by atoms with Gasteiger partial charge in [0.05, 0.1) is 6.04 Å². The third kappa shape index (κ3) is 1.56. The number of rotatable bonds is 2. The Kier molecular flexibility index (Phi) is 2.35. The fraction of sp³-hybridized carbons (Fsp3) is 0.333. The second kappa shape index (κ2) is 3.51. The number of hydrogen-bond donors (Lipinski definition) is 1. The lowest BCUT2D eigenvalue weighted by molar-refractivity contribution is 0.385. The third-order valence-corrected chi connectivity index (χ3v) is 2.92. The van der Waals surface area contributed by atoms with Crippen molar-refractivity contribution in [1.82, 2.24) is 10.1 Å². The third-order valence-electron chi connectivity index (χ3n) is 2.06. The molecule has 1 atom stereocenters. The normalized spacial score (nSPS) is 13.1. The van der Waals surface area contributed by atoms with E-state index in [2.05, 4.69) is 10.1 Å². The summed E-state index contributed by atoms with van der Waals surface area (Å²) in [6, 6.07) is 1.72. The topological polar surface area (TPSA) is 64.9 Å². The van der Waals surface area contributed by atoms with E-state index in [0.717, 1.165) is 5.56 Å². The minimum absolute atomic E-state index is 0.279.